The lowest BCUT2D eigenvalue weighted by molar-refractivity contribution is -0.120. The number of rotatable bonds is 5. The fourth-order valence-corrected chi connectivity index (χ4v) is 5.35. The van der Waals surface area contributed by atoms with E-state index in [0.717, 1.165) is 38.5 Å². The first-order valence-corrected chi connectivity index (χ1v) is 12.9. The van der Waals surface area contributed by atoms with Crippen LogP contribution < -0.4 is 15.8 Å². The Morgan fingerprint density at radius 3 is 2.70 bits per heavy atom. The normalized spacial score (nSPS) is 13.1. The van der Waals surface area contributed by atoms with Crippen molar-refractivity contribution in [3.63, 3.8) is 0 Å². The molecular formula is C27H28N6O3S. The lowest BCUT2D eigenvalue weighted by Crippen LogP contribution is -2.31. The van der Waals surface area contributed by atoms with E-state index < -0.39 is 5.91 Å². The molecular weight excluding hydrogens is 488 g/mol. The number of aryl methyl sites for hydroxylation is 1. The quantitative estimate of drug-likeness (QED) is 0.426. The summed E-state index contributed by atoms with van der Waals surface area (Å²) in [6, 6.07) is 12.9. The van der Waals surface area contributed by atoms with E-state index in [1.54, 1.807) is 24.3 Å². The van der Waals surface area contributed by atoms with E-state index in [4.69, 9.17) is 0 Å². The summed E-state index contributed by atoms with van der Waals surface area (Å²) in [5.41, 5.74) is 3.85. The molecule has 0 spiro atoms. The third-order valence-corrected chi connectivity index (χ3v) is 7.08. The Labute approximate surface area is 218 Å². The summed E-state index contributed by atoms with van der Waals surface area (Å²) in [5.74, 6) is -0.266. The highest BCUT2D eigenvalue weighted by Crippen LogP contribution is 2.36. The van der Waals surface area contributed by atoms with Gasteiger partial charge in [0.05, 0.1) is 11.1 Å². The highest BCUT2D eigenvalue weighted by atomic mass is 32.1. The van der Waals surface area contributed by atoms with Crippen LogP contribution in [-0.4, -0.2) is 38.3 Å². The van der Waals surface area contributed by atoms with Crippen molar-refractivity contribution >= 4 is 44.9 Å². The van der Waals surface area contributed by atoms with Gasteiger partial charge in [-0.25, -0.2) is 9.67 Å². The fourth-order valence-electron chi connectivity index (χ4n) is 4.50. The lowest BCUT2D eigenvalue weighted by atomic mass is 9.91. The molecule has 10 heteroatoms. The number of hydrogen-bond acceptors (Lipinski definition) is 7. The molecule has 2 amide bonds. The molecule has 37 heavy (non-hydrogen) atoms. The highest BCUT2D eigenvalue weighted by Gasteiger charge is 2.28. The molecule has 1 N–H and O–H groups in total. The number of anilines is 2. The number of hydrogen-bond donors (Lipinski definition) is 1. The van der Waals surface area contributed by atoms with Crippen LogP contribution in [0.2, 0.25) is 0 Å². The topological polar surface area (TPSA) is 110 Å². The van der Waals surface area contributed by atoms with E-state index in [2.05, 4.69) is 47.5 Å². The molecule has 9 nitrogen and oxygen atoms in total. The van der Waals surface area contributed by atoms with Gasteiger partial charge in [-0.2, -0.15) is 0 Å². The largest absolute Gasteiger partial charge is 0.312 e. The summed E-state index contributed by atoms with van der Waals surface area (Å²) < 4.78 is 1.05. The minimum Gasteiger partial charge on any atom is -0.312 e. The smallest absolute Gasteiger partial charge is 0.278 e. The lowest BCUT2D eigenvalue weighted by Gasteiger charge is -2.23. The molecule has 0 fully saturated rings. The Balaban J connectivity index is 1.31. The standard InChI is InChI=1S/C27H28N6O3S/c1-16-24(18-9-10-21-17(13-18)11-12-32(21)23(35)14-27(2,3)4)29-26(37-16)28-22(34)15-33-25(36)19-7-5-6-8-20(19)30-31-33/h5-10,13H,11-12,14-15H2,1-4H3,(H,28,29,34). The fraction of sp³-hybridized carbons (Fsp3) is 0.333. The van der Waals surface area contributed by atoms with Crippen LogP contribution in [-0.2, 0) is 22.6 Å². The van der Waals surface area contributed by atoms with Crippen LogP contribution in [0.5, 0.6) is 0 Å². The Bertz CT molecular complexity index is 1580. The van der Waals surface area contributed by atoms with E-state index >= 15 is 0 Å². The van der Waals surface area contributed by atoms with E-state index in [1.807, 2.05) is 24.0 Å². The van der Waals surface area contributed by atoms with E-state index in [-0.39, 0.29) is 23.4 Å². The van der Waals surface area contributed by atoms with E-state index in [9.17, 15) is 14.4 Å². The van der Waals surface area contributed by atoms with Crippen LogP contribution in [0.15, 0.2) is 47.3 Å². The molecule has 0 unspecified atom stereocenters. The average molecular weight is 517 g/mol. The van der Waals surface area contributed by atoms with Crippen LogP contribution in [0.1, 0.15) is 37.6 Å². The Kier molecular flexibility index (Phi) is 6.36. The van der Waals surface area contributed by atoms with Gasteiger partial charge < -0.3 is 10.2 Å². The molecule has 0 saturated carbocycles. The van der Waals surface area contributed by atoms with Gasteiger partial charge in [0.15, 0.2) is 5.13 Å². The number of benzene rings is 2. The summed E-state index contributed by atoms with van der Waals surface area (Å²) >= 11 is 1.37. The maximum atomic E-state index is 12.8. The highest BCUT2D eigenvalue weighted by molar-refractivity contribution is 7.16. The van der Waals surface area contributed by atoms with Crippen molar-refractivity contribution in [1.82, 2.24) is 20.0 Å². The molecule has 2 aromatic heterocycles. The monoisotopic (exact) mass is 516 g/mol. The van der Waals surface area contributed by atoms with E-state index in [0.29, 0.717) is 29.0 Å². The number of carbonyl (C=O) groups excluding carboxylic acids is 2. The number of fused-ring (bicyclic) bond motifs is 2. The Morgan fingerprint density at radius 1 is 1.14 bits per heavy atom. The maximum absolute atomic E-state index is 12.8. The first-order valence-electron chi connectivity index (χ1n) is 12.1. The van der Waals surface area contributed by atoms with Crippen LogP contribution in [0.25, 0.3) is 22.2 Å². The minimum atomic E-state index is -0.408. The second-order valence-corrected chi connectivity index (χ2v) is 11.6. The SMILES string of the molecule is Cc1sc(NC(=O)Cn2nnc3ccccc3c2=O)nc1-c1ccc2c(c1)CCN2C(=O)CC(C)(C)C. The zero-order valence-electron chi connectivity index (χ0n) is 21.2. The van der Waals surface area contributed by atoms with Crippen molar-refractivity contribution < 1.29 is 9.59 Å². The third-order valence-electron chi connectivity index (χ3n) is 6.20. The first kappa shape index (κ1) is 24.8. The molecule has 190 valence electrons. The van der Waals surface area contributed by atoms with Gasteiger partial charge in [-0.1, -0.05) is 44.2 Å². The van der Waals surface area contributed by atoms with Crippen molar-refractivity contribution in [1.29, 1.82) is 0 Å². The van der Waals surface area contributed by atoms with Crippen LogP contribution >= 0.6 is 11.3 Å². The second-order valence-electron chi connectivity index (χ2n) is 10.4. The summed E-state index contributed by atoms with van der Waals surface area (Å²) in [5, 5.41) is 11.5. The van der Waals surface area contributed by atoms with Crippen molar-refractivity contribution in [3.8, 4) is 11.3 Å². The number of amides is 2. The second kappa shape index (κ2) is 9.51. The minimum absolute atomic E-state index is 0.0625. The number of carbonyl (C=O) groups is 2. The molecule has 2 aromatic carbocycles. The molecule has 5 rings (SSSR count). The number of aromatic nitrogens is 4. The van der Waals surface area contributed by atoms with Crippen LogP contribution in [0, 0.1) is 12.3 Å². The summed E-state index contributed by atoms with van der Waals surface area (Å²) in [6.07, 6.45) is 1.30. The molecule has 0 atom stereocenters. The predicted molar refractivity (Wildman–Crippen MR) is 145 cm³/mol. The third kappa shape index (κ3) is 5.15. The van der Waals surface area contributed by atoms with Crippen molar-refractivity contribution in [2.75, 3.05) is 16.8 Å². The zero-order chi connectivity index (χ0) is 26.3. The summed E-state index contributed by atoms with van der Waals surface area (Å²) in [6.45, 7) is 8.58. The van der Waals surface area contributed by atoms with Gasteiger partial charge in [0.1, 0.15) is 12.1 Å². The van der Waals surface area contributed by atoms with E-state index in [1.165, 1.54) is 11.3 Å². The van der Waals surface area contributed by atoms with Gasteiger partial charge in [0.25, 0.3) is 5.56 Å². The van der Waals surface area contributed by atoms with Gasteiger partial charge in [-0.15, -0.1) is 16.4 Å². The predicted octanol–water partition coefficient (Wildman–Crippen LogP) is 4.19. The van der Waals surface area contributed by atoms with Crippen LogP contribution in [0.4, 0.5) is 10.8 Å². The summed E-state index contributed by atoms with van der Waals surface area (Å²) in [4.78, 5) is 45.6. The number of nitrogens with zero attached hydrogens (tertiary/aromatic N) is 5. The zero-order valence-corrected chi connectivity index (χ0v) is 22.1. The van der Waals surface area contributed by atoms with Crippen LogP contribution in [0.3, 0.4) is 0 Å². The van der Waals surface area contributed by atoms with Gasteiger partial charge in [-0.05, 0) is 48.6 Å². The molecule has 1 aliphatic heterocycles. The van der Waals surface area contributed by atoms with Crippen molar-refractivity contribution in [2.24, 2.45) is 5.41 Å². The molecule has 1 aliphatic rings. The average Bonchev–Trinajstić information content (AvgIpc) is 3.42. The van der Waals surface area contributed by atoms with Crippen molar-refractivity contribution in [2.45, 2.75) is 47.1 Å². The van der Waals surface area contributed by atoms with Gasteiger partial charge in [-0.3, -0.25) is 14.4 Å². The molecule has 0 aliphatic carbocycles. The molecule has 3 heterocycles. The Hall–Kier alpha value is -3.92. The maximum Gasteiger partial charge on any atom is 0.278 e. The van der Waals surface area contributed by atoms with Gasteiger partial charge in [0.2, 0.25) is 11.8 Å². The molecule has 0 radical (unpaired) electrons. The molecule has 0 bridgehead atoms. The van der Waals surface area contributed by atoms with Gasteiger partial charge in [0, 0.05) is 29.1 Å². The Morgan fingerprint density at radius 2 is 1.92 bits per heavy atom. The molecule has 4 aromatic rings. The van der Waals surface area contributed by atoms with Crippen molar-refractivity contribution in [3.05, 3.63) is 63.3 Å². The summed E-state index contributed by atoms with van der Waals surface area (Å²) in [7, 11) is 0. The number of nitrogens with one attached hydrogen (secondary N) is 1. The van der Waals surface area contributed by atoms with Gasteiger partial charge >= 0.3 is 0 Å². The molecule has 0 saturated heterocycles. The first-order chi connectivity index (χ1) is 17.6. The number of thiazole rings is 1.